The van der Waals surface area contributed by atoms with Crippen LogP contribution in [0, 0.1) is 0 Å². The first-order chi connectivity index (χ1) is 18.3. The Morgan fingerprint density at radius 3 is 2.61 bits per heavy atom. The van der Waals surface area contributed by atoms with Crippen molar-refractivity contribution in [3.8, 4) is 11.5 Å². The fourth-order valence-electron chi connectivity index (χ4n) is 4.83. The van der Waals surface area contributed by atoms with E-state index in [4.69, 9.17) is 14.2 Å². The molecule has 3 aromatic rings. The van der Waals surface area contributed by atoms with E-state index in [1.54, 1.807) is 43.5 Å². The van der Waals surface area contributed by atoms with Crippen molar-refractivity contribution >= 4 is 32.7 Å². The van der Waals surface area contributed by atoms with Gasteiger partial charge in [-0.05, 0) is 24.1 Å². The fraction of sp³-hybridized carbons (Fsp3) is 0.423. The van der Waals surface area contributed by atoms with Gasteiger partial charge >= 0.3 is 10.2 Å². The molecule has 0 saturated carbocycles. The summed E-state index contributed by atoms with van der Waals surface area (Å²) in [6, 6.07) is 10.4. The first kappa shape index (κ1) is 26.3. The van der Waals surface area contributed by atoms with Gasteiger partial charge in [0.2, 0.25) is 0 Å². The Morgan fingerprint density at radius 2 is 1.87 bits per heavy atom. The van der Waals surface area contributed by atoms with E-state index in [1.807, 2.05) is 0 Å². The normalized spacial score (nSPS) is 18.3. The first-order valence-corrected chi connectivity index (χ1v) is 13.8. The number of morpholine rings is 1. The maximum Gasteiger partial charge on any atom is 0.310 e. The van der Waals surface area contributed by atoms with E-state index in [0.29, 0.717) is 46.0 Å². The number of methoxy groups -OCH3 is 1. The molecule has 1 fully saturated rings. The van der Waals surface area contributed by atoms with Crippen LogP contribution in [0.2, 0.25) is 0 Å². The van der Waals surface area contributed by atoms with Crippen LogP contribution >= 0.6 is 0 Å². The van der Waals surface area contributed by atoms with Crippen LogP contribution in [0.25, 0.3) is 10.9 Å². The Kier molecular flexibility index (Phi) is 7.48. The molecule has 0 N–H and O–H groups in total. The fourth-order valence-corrected chi connectivity index (χ4v) is 5.91. The summed E-state index contributed by atoms with van der Waals surface area (Å²) >= 11 is 0. The quantitative estimate of drug-likeness (QED) is 0.375. The van der Waals surface area contributed by atoms with Crippen LogP contribution in [0.4, 0.5) is 5.69 Å². The number of hydrogen-bond acceptors (Lipinski definition) is 9. The number of benzene rings is 2. The Bertz CT molecular complexity index is 1440. The number of carbonyl (C=O) groups excluding carboxylic acids is 1. The van der Waals surface area contributed by atoms with Gasteiger partial charge in [0.05, 0.1) is 43.8 Å². The Hall–Kier alpha value is -3.32. The van der Waals surface area contributed by atoms with E-state index in [0.717, 1.165) is 47.9 Å². The summed E-state index contributed by atoms with van der Waals surface area (Å²) in [7, 11) is 0.282. The van der Waals surface area contributed by atoms with Gasteiger partial charge in [0, 0.05) is 45.2 Å². The molecule has 0 spiro atoms. The zero-order valence-corrected chi connectivity index (χ0v) is 22.5. The summed E-state index contributed by atoms with van der Waals surface area (Å²) in [5, 5.41) is 0.585. The molecule has 0 aliphatic carbocycles. The van der Waals surface area contributed by atoms with Crippen LogP contribution in [0.5, 0.6) is 11.5 Å². The van der Waals surface area contributed by atoms with Gasteiger partial charge in [-0.1, -0.05) is 18.2 Å². The molecular formula is C26H31N5O6S. The van der Waals surface area contributed by atoms with Crippen molar-refractivity contribution in [3.63, 3.8) is 0 Å². The smallest absolute Gasteiger partial charge is 0.310 e. The van der Waals surface area contributed by atoms with Crippen molar-refractivity contribution < 1.29 is 27.4 Å². The highest BCUT2D eigenvalue weighted by Crippen LogP contribution is 2.44. The zero-order chi connectivity index (χ0) is 26.9. The average molecular weight is 542 g/mol. The van der Waals surface area contributed by atoms with Crippen molar-refractivity contribution in [2.75, 3.05) is 65.0 Å². The number of ether oxygens (including phenoxy) is 3. The van der Waals surface area contributed by atoms with Gasteiger partial charge in [-0.25, -0.2) is 9.97 Å². The molecule has 2 aliphatic heterocycles. The number of amides is 1. The SMILES string of the molecule is COc1cc2c(C3C(=O)N(S(=O)(=O)N(C)C)c4ccccc43)ncnc2cc1OCCCN1CCOCC1. The molecule has 38 heavy (non-hydrogen) atoms. The minimum Gasteiger partial charge on any atom is -0.493 e. The third-order valence-electron chi connectivity index (χ3n) is 6.81. The van der Waals surface area contributed by atoms with Crippen LogP contribution in [0.3, 0.4) is 0 Å². The van der Waals surface area contributed by atoms with E-state index >= 15 is 0 Å². The molecule has 202 valence electrons. The predicted octanol–water partition coefficient (Wildman–Crippen LogP) is 2.02. The number of para-hydroxylation sites is 1. The van der Waals surface area contributed by atoms with Crippen LogP contribution in [0.15, 0.2) is 42.7 Å². The van der Waals surface area contributed by atoms with E-state index < -0.39 is 22.0 Å². The summed E-state index contributed by atoms with van der Waals surface area (Å²) in [4.78, 5) is 24.9. The largest absolute Gasteiger partial charge is 0.493 e. The predicted molar refractivity (Wildman–Crippen MR) is 142 cm³/mol. The molecule has 1 unspecified atom stereocenters. The summed E-state index contributed by atoms with van der Waals surface area (Å²) in [5.41, 5.74) is 1.85. The van der Waals surface area contributed by atoms with Gasteiger partial charge in [0.1, 0.15) is 12.2 Å². The molecule has 12 heteroatoms. The van der Waals surface area contributed by atoms with Gasteiger partial charge in [-0.15, -0.1) is 0 Å². The second kappa shape index (κ2) is 10.8. The second-order valence-corrected chi connectivity index (χ2v) is 11.3. The first-order valence-electron chi connectivity index (χ1n) is 12.4. The lowest BCUT2D eigenvalue weighted by molar-refractivity contribution is -0.117. The highest BCUT2D eigenvalue weighted by Gasteiger charge is 2.46. The van der Waals surface area contributed by atoms with Gasteiger partial charge in [0.25, 0.3) is 5.91 Å². The summed E-state index contributed by atoms with van der Waals surface area (Å²) < 4.78 is 45.1. The van der Waals surface area contributed by atoms with E-state index in [2.05, 4.69) is 14.9 Å². The monoisotopic (exact) mass is 541 g/mol. The number of nitrogens with zero attached hydrogens (tertiary/aromatic N) is 5. The summed E-state index contributed by atoms with van der Waals surface area (Å²) in [6.45, 7) is 4.79. The third kappa shape index (κ3) is 4.80. The Morgan fingerprint density at radius 1 is 1.11 bits per heavy atom. The van der Waals surface area contributed by atoms with Crippen molar-refractivity contribution in [1.29, 1.82) is 0 Å². The lowest BCUT2D eigenvalue weighted by Gasteiger charge is -2.26. The molecular weight excluding hydrogens is 510 g/mol. The van der Waals surface area contributed by atoms with E-state index in [-0.39, 0.29) is 0 Å². The molecule has 0 radical (unpaired) electrons. The lowest BCUT2D eigenvalue weighted by atomic mass is 9.94. The third-order valence-corrected chi connectivity index (χ3v) is 8.57. The van der Waals surface area contributed by atoms with Crippen molar-refractivity contribution in [2.45, 2.75) is 12.3 Å². The Labute approximate surface area is 222 Å². The van der Waals surface area contributed by atoms with Crippen molar-refractivity contribution in [1.82, 2.24) is 19.2 Å². The molecule has 1 aromatic heterocycles. The summed E-state index contributed by atoms with van der Waals surface area (Å²) in [6.07, 6.45) is 2.23. The highest BCUT2D eigenvalue weighted by molar-refractivity contribution is 7.91. The Balaban J connectivity index is 1.46. The topological polar surface area (TPSA) is 114 Å². The zero-order valence-electron chi connectivity index (χ0n) is 21.7. The summed E-state index contributed by atoms with van der Waals surface area (Å²) in [5.74, 6) is -0.489. The number of aromatic nitrogens is 2. The maximum absolute atomic E-state index is 13.7. The standard InChI is InChI=1S/C26H31N5O6S/c1-29(2)38(33,34)31-21-8-5-4-7-18(21)24(26(31)32)25-19-15-22(35-3)23(16-20(19)27-17-28-25)37-12-6-9-30-10-13-36-14-11-30/h4-5,7-8,15-17,24H,6,9-14H2,1-3H3. The van der Waals surface area contributed by atoms with Gasteiger partial charge < -0.3 is 14.2 Å². The van der Waals surface area contributed by atoms with Crippen molar-refractivity contribution in [3.05, 3.63) is 54.0 Å². The number of carbonyl (C=O) groups is 1. The van der Waals surface area contributed by atoms with Crippen LogP contribution < -0.4 is 13.8 Å². The van der Waals surface area contributed by atoms with Gasteiger partial charge in [-0.3, -0.25) is 9.69 Å². The maximum atomic E-state index is 13.7. The molecule has 3 heterocycles. The number of rotatable bonds is 9. The number of fused-ring (bicyclic) bond motifs is 2. The number of anilines is 1. The number of hydrogen-bond donors (Lipinski definition) is 0. The van der Waals surface area contributed by atoms with Crippen LogP contribution in [-0.4, -0.2) is 94.2 Å². The molecule has 2 aromatic carbocycles. The molecule has 0 bridgehead atoms. The van der Waals surface area contributed by atoms with Gasteiger partial charge in [-0.2, -0.15) is 17.0 Å². The molecule has 11 nitrogen and oxygen atoms in total. The minimum absolute atomic E-state index is 0.315. The lowest BCUT2D eigenvalue weighted by Crippen LogP contribution is -2.42. The second-order valence-electron chi connectivity index (χ2n) is 9.32. The highest BCUT2D eigenvalue weighted by atomic mass is 32.2. The van der Waals surface area contributed by atoms with Crippen molar-refractivity contribution in [2.24, 2.45) is 0 Å². The molecule has 2 aliphatic rings. The van der Waals surface area contributed by atoms with Crippen LogP contribution in [0.1, 0.15) is 23.6 Å². The van der Waals surface area contributed by atoms with E-state index in [9.17, 15) is 13.2 Å². The minimum atomic E-state index is -4.06. The van der Waals surface area contributed by atoms with E-state index in [1.165, 1.54) is 20.4 Å². The van der Waals surface area contributed by atoms with Gasteiger partial charge in [0.15, 0.2) is 11.5 Å². The molecule has 5 rings (SSSR count). The molecule has 1 atom stereocenters. The molecule has 1 saturated heterocycles. The van der Waals surface area contributed by atoms with Crippen LogP contribution in [-0.2, 0) is 19.7 Å². The average Bonchev–Trinajstić information content (AvgIpc) is 3.22. The molecule has 1 amide bonds.